The number of carbonyl (C=O) groups is 5. The van der Waals surface area contributed by atoms with Gasteiger partial charge in [0, 0.05) is 12.2 Å². The summed E-state index contributed by atoms with van der Waals surface area (Å²) < 4.78 is 0. The van der Waals surface area contributed by atoms with Crippen LogP contribution in [0.4, 0.5) is 0 Å². The van der Waals surface area contributed by atoms with Crippen molar-refractivity contribution >= 4 is 29.7 Å². The number of rotatable bonds is 16. The molecule has 36 heavy (non-hydrogen) atoms. The zero-order valence-corrected chi connectivity index (χ0v) is 20.2. The van der Waals surface area contributed by atoms with Crippen LogP contribution in [0.15, 0.2) is 85.1 Å². The van der Waals surface area contributed by atoms with Gasteiger partial charge in [-0.05, 0) is 5.92 Å². The molecule has 0 saturated heterocycles. The van der Waals surface area contributed by atoms with E-state index in [9.17, 15) is 24.0 Å². The fraction of sp³-hybridized carbons (Fsp3) is 0.269. The normalized spacial score (nSPS) is 14.9. The number of nitrogens with two attached hydrogens (primary N) is 1. The summed E-state index contributed by atoms with van der Waals surface area (Å²) in [5.74, 6) is -4.56. The number of amides is 3. The Balaban J connectivity index is 4.38. The molecular weight excluding hydrogens is 466 g/mol. The molecule has 10 nitrogen and oxygen atoms in total. The van der Waals surface area contributed by atoms with E-state index in [-0.39, 0.29) is 5.92 Å². The smallest absolute Gasteiger partial charge is 0.326 e. The Hall–Kier alpha value is -4.47. The molecule has 0 spiro atoms. The zero-order chi connectivity index (χ0) is 27.3. The minimum absolute atomic E-state index is 0.174. The van der Waals surface area contributed by atoms with Gasteiger partial charge in [-0.15, -0.1) is 0 Å². The Morgan fingerprint density at radius 2 is 1.08 bits per heavy atom. The fourth-order valence-electron chi connectivity index (χ4n) is 2.43. The van der Waals surface area contributed by atoms with Crippen molar-refractivity contribution in [1.29, 1.82) is 0 Å². The van der Waals surface area contributed by atoms with Gasteiger partial charge in [-0.3, -0.25) is 14.4 Å². The molecule has 0 aliphatic carbocycles. The molecule has 0 fully saturated rings. The Morgan fingerprint density at radius 3 is 1.42 bits per heavy atom. The van der Waals surface area contributed by atoms with E-state index in [1.54, 1.807) is 67.7 Å². The monoisotopic (exact) mass is 499 g/mol. The Labute approximate surface area is 210 Å². The van der Waals surface area contributed by atoms with Gasteiger partial charge in [0.2, 0.25) is 17.7 Å². The van der Waals surface area contributed by atoms with Crippen LogP contribution in [-0.4, -0.2) is 52.0 Å². The average molecular weight is 500 g/mol. The van der Waals surface area contributed by atoms with E-state index in [4.69, 9.17) is 15.9 Å². The SMILES string of the molecule is CC[C@H](C)[C@H](NC(=O)/C=C/C=C/C=C/C=C/C=C/C=C/C=C/C(=O)N[C@@H](CC(N)=O)C(=O)O)C(=O)O. The summed E-state index contributed by atoms with van der Waals surface area (Å²) >= 11 is 0. The van der Waals surface area contributed by atoms with Gasteiger partial charge in [0.25, 0.3) is 0 Å². The first-order valence-corrected chi connectivity index (χ1v) is 11.1. The maximum Gasteiger partial charge on any atom is 0.326 e. The third-order valence-electron chi connectivity index (χ3n) is 4.51. The van der Waals surface area contributed by atoms with E-state index in [0.717, 1.165) is 6.08 Å². The van der Waals surface area contributed by atoms with Crippen LogP contribution >= 0.6 is 0 Å². The summed E-state index contributed by atoms with van der Waals surface area (Å²) in [5, 5.41) is 22.7. The van der Waals surface area contributed by atoms with E-state index in [1.165, 1.54) is 18.2 Å². The standard InChI is InChI=1S/C26H33N3O7/c1-3-19(2)24(26(35)36)29-23(32)17-15-13-11-9-7-5-4-6-8-10-12-14-16-22(31)28-20(25(33)34)18-21(27)30/h4-17,19-20,24H,3,18H2,1-2H3,(H2,27,30)(H,28,31)(H,29,32)(H,33,34)(H,35,36)/b5-4+,8-6+,9-7+,12-10+,13-11+,16-14+,17-15+/t19-,20-,24-/m0/s1. The van der Waals surface area contributed by atoms with Crippen LogP contribution in [0.25, 0.3) is 0 Å². The first kappa shape index (κ1) is 31.5. The highest BCUT2D eigenvalue weighted by Crippen LogP contribution is 2.07. The van der Waals surface area contributed by atoms with Gasteiger partial charge in [0.05, 0.1) is 6.42 Å². The molecule has 0 heterocycles. The Kier molecular flexibility index (Phi) is 16.6. The molecule has 0 radical (unpaired) electrons. The maximum atomic E-state index is 11.8. The minimum Gasteiger partial charge on any atom is -0.480 e. The van der Waals surface area contributed by atoms with Gasteiger partial charge in [-0.25, -0.2) is 9.59 Å². The van der Waals surface area contributed by atoms with E-state index >= 15 is 0 Å². The van der Waals surface area contributed by atoms with E-state index in [0.29, 0.717) is 6.42 Å². The molecule has 0 aromatic rings. The number of carboxylic acids is 2. The molecule has 194 valence electrons. The lowest BCUT2D eigenvalue weighted by molar-refractivity contribution is -0.143. The van der Waals surface area contributed by atoms with Gasteiger partial charge in [0.1, 0.15) is 12.1 Å². The molecule has 0 saturated carbocycles. The molecule has 0 aromatic heterocycles. The Morgan fingerprint density at radius 1 is 0.694 bits per heavy atom. The van der Waals surface area contributed by atoms with Crippen LogP contribution in [0.1, 0.15) is 26.7 Å². The quantitative estimate of drug-likeness (QED) is 0.159. The topological polar surface area (TPSA) is 176 Å². The number of hydrogen-bond donors (Lipinski definition) is 5. The summed E-state index contributed by atoms with van der Waals surface area (Å²) in [6.07, 6.45) is 22.5. The number of allylic oxidation sites excluding steroid dienone is 12. The van der Waals surface area contributed by atoms with Crippen molar-refractivity contribution < 1.29 is 34.2 Å². The van der Waals surface area contributed by atoms with Crippen LogP contribution in [0, 0.1) is 5.92 Å². The lowest BCUT2D eigenvalue weighted by atomic mass is 9.99. The Bertz CT molecular complexity index is 972. The second kappa shape index (κ2) is 18.9. The van der Waals surface area contributed by atoms with Gasteiger partial charge in [-0.1, -0.05) is 93.2 Å². The number of nitrogens with one attached hydrogen (secondary N) is 2. The molecule has 3 atom stereocenters. The highest BCUT2D eigenvalue weighted by molar-refractivity contribution is 5.93. The first-order valence-electron chi connectivity index (χ1n) is 11.1. The largest absolute Gasteiger partial charge is 0.480 e. The van der Waals surface area contributed by atoms with Gasteiger partial charge < -0.3 is 26.6 Å². The predicted octanol–water partition coefficient (Wildman–Crippen LogP) is 1.94. The van der Waals surface area contributed by atoms with Crippen molar-refractivity contribution in [3.63, 3.8) is 0 Å². The van der Waals surface area contributed by atoms with E-state index < -0.39 is 48.2 Å². The zero-order valence-electron chi connectivity index (χ0n) is 20.2. The van der Waals surface area contributed by atoms with Crippen molar-refractivity contribution in [3.05, 3.63) is 85.1 Å². The molecular formula is C26H33N3O7. The first-order chi connectivity index (χ1) is 17.1. The maximum absolute atomic E-state index is 11.8. The summed E-state index contributed by atoms with van der Waals surface area (Å²) in [4.78, 5) is 56.4. The van der Waals surface area contributed by atoms with Crippen molar-refractivity contribution in [3.8, 4) is 0 Å². The molecule has 0 rings (SSSR count). The summed E-state index contributed by atoms with van der Waals surface area (Å²) in [7, 11) is 0. The van der Waals surface area contributed by atoms with Crippen molar-refractivity contribution in [2.24, 2.45) is 11.7 Å². The molecule has 10 heteroatoms. The molecule has 3 amide bonds. The van der Waals surface area contributed by atoms with E-state index in [1.807, 2.05) is 6.92 Å². The predicted molar refractivity (Wildman–Crippen MR) is 136 cm³/mol. The second-order valence-corrected chi connectivity index (χ2v) is 7.42. The van der Waals surface area contributed by atoms with Crippen LogP contribution in [0.5, 0.6) is 0 Å². The summed E-state index contributed by atoms with van der Waals surface area (Å²) in [6, 6.07) is -2.30. The van der Waals surface area contributed by atoms with E-state index in [2.05, 4.69) is 10.6 Å². The minimum atomic E-state index is -1.38. The van der Waals surface area contributed by atoms with Gasteiger partial charge in [-0.2, -0.15) is 0 Å². The highest BCUT2D eigenvalue weighted by atomic mass is 16.4. The lowest BCUT2D eigenvalue weighted by Gasteiger charge is -2.19. The highest BCUT2D eigenvalue weighted by Gasteiger charge is 2.24. The van der Waals surface area contributed by atoms with Crippen LogP contribution in [-0.2, 0) is 24.0 Å². The third kappa shape index (κ3) is 16.2. The van der Waals surface area contributed by atoms with Crippen LogP contribution in [0.2, 0.25) is 0 Å². The fourth-order valence-corrected chi connectivity index (χ4v) is 2.43. The van der Waals surface area contributed by atoms with Crippen molar-refractivity contribution in [2.75, 3.05) is 0 Å². The van der Waals surface area contributed by atoms with Crippen LogP contribution < -0.4 is 16.4 Å². The average Bonchev–Trinajstić information content (AvgIpc) is 2.81. The van der Waals surface area contributed by atoms with Gasteiger partial charge in [0.15, 0.2) is 0 Å². The number of carbonyl (C=O) groups excluding carboxylic acids is 3. The number of hydrogen-bond acceptors (Lipinski definition) is 5. The lowest BCUT2D eigenvalue weighted by Crippen LogP contribution is -2.44. The number of carboxylic acid groups (broad SMARTS) is 2. The summed E-state index contributed by atoms with van der Waals surface area (Å²) in [5.41, 5.74) is 4.94. The third-order valence-corrected chi connectivity index (χ3v) is 4.51. The molecule has 0 aliphatic rings. The number of primary amides is 1. The van der Waals surface area contributed by atoms with Crippen molar-refractivity contribution in [1.82, 2.24) is 10.6 Å². The second-order valence-electron chi connectivity index (χ2n) is 7.42. The summed E-state index contributed by atoms with van der Waals surface area (Å²) in [6.45, 7) is 3.62. The molecule has 0 aromatic carbocycles. The molecule has 6 N–H and O–H groups in total. The molecule has 0 bridgehead atoms. The number of aliphatic carboxylic acids is 2. The molecule has 0 unspecified atom stereocenters. The van der Waals surface area contributed by atoms with Crippen molar-refractivity contribution in [2.45, 2.75) is 38.8 Å². The van der Waals surface area contributed by atoms with Crippen LogP contribution in [0.3, 0.4) is 0 Å². The van der Waals surface area contributed by atoms with Gasteiger partial charge >= 0.3 is 11.9 Å². The molecule has 0 aliphatic heterocycles.